The fourth-order valence-electron chi connectivity index (χ4n) is 2.06. The summed E-state index contributed by atoms with van der Waals surface area (Å²) in [5.74, 6) is 3.10. The van der Waals surface area contributed by atoms with Gasteiger partial charge in [-0.15, -0.1) is 6.42 Å². The predicted octanol–water partition coefficient (Wildman–Crippen LogP) is 3.23. The Bertz CT molecular complexity index is 873. The van der Waals surface area contributed by atoms with E-state index in [0.717, 1.165) is 5.56 Å². The second kappa shape index (κ2) is 8.81. The number of nitriles is 1. The number of amides is 1. The van der Waals surface area contributed by atoms with E-state index >= 15 is 0 Å². The van der Waals surface area contributed by atoms with E-state index in [0.29, 0.717) is 22.7 Å². The Morgan fingerprint density at radius 3 is 2.80 bits per heavy atom. The van der Waals surface area contributed by atoms with Gasteiger partial charge < -0.3 is 14.8 Å². The first-order valence-electron chi connectivity index (χ1n) is 7.40. The van der Waals surface area contributed by atoms with Gasteiger partial charge in [-0.3, -0.25) is 4.79 Å². The van der Waals surface area contributed by atoms with Crippen molar-refractivity contribution < 1.29 is 14.3 Å². The normalized spacial score (nSPS) is 9.88. The van der Waals surface area contributed by atoms with Gasteiger partial charge in [0.2, 0.25) is 5.91 Å². The Morgan fingerprint density at radius 1 is 1.28 bits per heavy atom. The summed E-state index contributed by atoms with van der Waals surface area (Å²) in [4.78, 5) is 12.0. The number of anilines is 1. The maximum Gasteiger partial charge on any atom is 0.248 e. The van der Waals surface area contributed by atoms with E-state index in [1.54, 1.807) is 48.5 Å². The van der Waals surface area contributed by atoms with Crippen molar-refractivity contribution in [1.82, 2.24) is 0 Å². The molecule has 0 atom stereocenters. The number of para-hydroxylation sites is 1. The summed E-state index contributed by atoms with van der Waals surface area (Å²) in [5.41, 5.74) is 1.63. The van der Waals surface area contributed by atoms with Gasteiger partial charge in [0.1, 0.15) is 12.7 Å². The average Bonchev–Trinajstić information content (AvgIpc) is 2.65. The summed E-state index contributed by atoms with van der Waals surface area (Å²) in [5, 5.41) is 11.7. The molecular formula is C20H16N2O3. The molecule has 0 fully saturated rings. The summed E-state index contributed by atoms with van der Waals surface area (Å²) < 4.78 is 10.6. The van der Waals surface area contributed by atoms with E-state index in [1.165, 1.54) is 13.2 Å². The van der Waals surface area contributed by atoms with Crippen LogP contribution in [0.15, 0.2) is 48.5 Å². The van der Waals surface area contributed by atoms with Gasteiger partial charge >= 0.3 is 0 Å². The van der Waals surface area contributed by atoms with Crippen molar-refractivity contribution in [3.05, 3.63) is 59.7 Å². The number of carbonyl (C=O) groups is 1. The third kappa shape index (κ3) is 4.89. The minimum atomic E-state index is -0.339. The van der Waals surface area contributed by atoms with Gasteiger partial charge in [0, 0.05) is 6.08 Å². The smallest absolute Gasteiger partial charge is 0.248 e. The first-order valence-corrected chi connectivity index (χ1v) is 7.40. The molecule has 0 aliphatic carbocycles. The van der Waals surface area contributed by atoms with Gasteiger partial charge in [-0.05, 0) is 35.9 Å². The van der Waals surface area contributed by atoms with Gasteiger partial charge in [0.05, 0.1) is 18.4 Å². The Kier molecular flexibility index (Phi) is 6.22. The molecule has 2 aromatic carbocycles. The van der Waals surface area contributed by atoms with Crippen LogP contribution >= 0.6 is 0 Å². The molecular weight excluding hydrogens is 316 g/mol. The lowest BCUT2D eigenvalue weighted by Gasteiger charge is -2.09. The molecule has 0 aromatic heterocycles. The topological polar surface area (TPSA) is 71.3 Å². The lowest BCUT2D eigenvalue weighted by Crippen LogP contribution is -2.08. The Hall–Kier alpha value is -3.70. The van der Waals surface area contributed by atoms with Gasteiger partial charge in [-0.25, -0.2) is 0 Å². The number of rotatable bonds is 6. The number of ether oxygens (including phenoxy) is 2. The first-order chi connectivity index (χ1) is 12.2. The van der Waals surface area contributed by atoms with E-state index in [-0.39, 0.29) is 12.5 Å². The summed E-state index contributed by atoms with van der Waals surface area (Å²) in [6, 6.07) is 14.1. The van der Waals surface area contributed by atoms with Crippen molar-refractivity contribution in [2.75, 3.05) is 19.0 Å². The zero-order valence-electron chi connectivity index (χ0n) is 13.7. The molecule has 0 bridgehead atoms. The molecule has 0 aliphatic rings. The number of nitrogens with zero attached hydrogens (tertiary/aromatic N) is 1. The molecule has 0 heterocycles. The molecule has 0 aliphatic heterocycles. The lowest BCUT2D eigenvalue weighted by molar-refractivity contribution is -0.111. The van der Waals surface area contributed by atoms with Crippen molar-refractivity contribution in [1.29, 1.82) is 5.26 Å². The lowest BCUT2D eigenvalue weighted by atomic mass is 10.1. The molecule has 0 unspecified atom stereocenters. The van der Waals surface area contributed by atoms with Crippen LogP contribution in [0.3, 0.4) is 0 Å². The Labute approximate surface area is 146 Å². The average molecular weight is 332 g/mol. The largest absolute Gasteiger partial charge is 0.493 e. The Morgan fingerprint density at radius 2 is 2.08 bits per heavy atom. The van der Waals surface area contributed by atoms with Crippen LogP contribution in [-0.4, -0.2) is 19.6 Å². The van der Waals surface area contributed by atoms with Crippen LogP contribution in [0.2, 0.25) is 0 Å². The van der Waals surface area contributed by atoms with Crippen molar-refractivity contribution >= 4 is 17.7 Å². The zero-order chi connectivity index (χ0) is 18.1. The van der Waals surface area contributed by atoms with Crippen molar-refractivity contribution in [3.8, 4) is 29.9 Å². The number of hydrogen-bond donors (Lipinski definition) is 1. The van der Waals surface area contributed by atoms with Crippen LogP contribution in [0.25, 0.3) is 6.08 Å². The number of carbonyl (C=O) groups excluding carboxylic acids is 1. The fraction of sp³-hybridized carbons (Fsp3) is 0.100. The number of nitrogens with one attached hydrogen (secondary N) is 1. The molecule has 0 radical (unpaired) electrons. The predicted molar refractivity (Wildman–Crippen MR) is 96.1 cm³/mol. The summed E-state index contributed by atoms with van der Waals surface area (Å²) in [6.45, 7) is 0.145. The second-order valence-electron chi connectivity index (χ2n) is 4.88. The van der Waals surface area contributed by atoms with Crippen molar-refractivity contribution in [3.63, 3.8) is 0 Å². The summed E-state index contributed by atoms with van der Waals surface area (Å²) in [6.07, 6.45) is 8.19. The van der Waals surface area contributed by atoms with Gasteiger partial charge in [-0.1, -0.05) is 24.1 Å². The van der Waals surface area contributed by atoms with E-state index in [1.807, 2.05) is 6.07 Å². The molecule has 25 heavy (non-hydrogen) atoms. The number of hydrogen-bond acceptors (Lipinski definition) is 4. The number of benzene rings is 2. The Balaban J connectivity index is 2.09. The zero-order valence-corrected chi connectivity index (χ0v) is 13.7. The van der Waals surface area contributed by atoms with Crippen LogP contribution in [0.1, 0.15) is 11.1 Å². The van der Waals surface area contributed by atoms with E-state index in [9.17, 15) is 4.79 Å². The second-order valence-corrected chi connectivity index (χ2v) is 4.88. The highest BCUT2D eigenvalue weighted by molar-refractivity contribution is 6.02. The maximum atomic E-state index is 12.0. The quantitative estimate of drug-likeness (QED) is 0.651. The minimum absolute atomic E-state index is 0.145. The van der Waals surface area contributed by atoms with Gasteiger partial charge in [0.25, 0.3) is 0 Å². The molecule has 5 heteroatoms. The molecule has 2 rings (SSSR count). The molecule has 2 aromatic rings. The third-order valence-electron chi connectivity index (χ3n) is 3.23. The van der Waals surface area contributed by atoms with Crippen LogP contribution in [0.4, 0.5) is 5.69 Å². The van der Waals surface area contributed by atoms with Gasteiger partial charge in [0.15, 0.2) is 11.5 Å². The monoisotopic (exact) mass is 332 g/mol. The SMILES string of the molecule is C#CCOc1ccc(/C=C/C(=O)Nc2ccccc2C#N)cc1OC. The third-order valence-corrected chi connectivity index (χ3v) is 3.23. The first kappa shape index (κ1) is 17.7. The van der Waals surface area contributed by atoms with Crippen molar-refractivity contribution in [2.45, 2.75) is 0 Å². The molecule has 0 spiro atoms. The van der Waals surface area contributed by atoms with Crippen LogP contribution in [0.5, 0.6) is 11.5 Å². The highest BCUT2D eigenvalue weighted by Crippen LogP contribution is 2.28. The van der Waals surface area contributed by atoms with E-state index in [4.69, 9.17) is 21.2 Å². The molecule has 0 saturated carbocycles. The fourth-order valence-corrected chi connectivity index (χ4v) is 2.06. The van der Waals surface area contributed by atoms with Crippen LogP contribution in [-0.2, 0) is 4.79 Å². The van der Waals surface area contributed by atoms with E-state index in [2.05, 4.69) is 11.2 Å². The maximum absolute atomic E-state index is 12.0. The standard InChI is InChI=1S/C20H16N2O3/c1-3-12-25-18-10-8-15(13-19(18)24-2)9-11-20(23)22-17-7-5-4-6-16(17)14-21/h1,4-11,13H,12H2,2H3,(H,22,23)/b11-9+. The number of terminal acetylenes is 1. The van der Waals surface area contributed by atoms with Crippen molar-refractivity contribution in [2.24, 2.45) is 0 Å². The summed E-state index contributed by atoms with van der Waals surface area (Å²) in [7, 11) is 1.52. The molecule has 0 saturated heterocycles. The van der Waals surface area contributed by atoms with Crippen LogP contribution < -0.4 is 14.8 Å². The summed E-state index contributed by atoms with van der Waals surface area (Å²) >= 11 is 0. The highest BCUT2D eigenvalue weighted by Gasteiger charge is 2.06. The molecule has 1 amide bonds. The van der Waals surface area contributed by atoms with Gasteiger partial charge in [-0.2, -0.15) is 5.26 Å². The number of methoxy groups -OCH3 is 1. The van der Waals surface area contributed by atoms with E-state index < -0.39 is 0 Å². The molecule has 5 nitrogen and oxygen atoms in total. The highest BCUT2D eigenvalue weighted by atomic mass is 16.5. The molecule has 1 N–H and O–H groups in total. The molecule has 124 valence electrons. The minimum Gasteiger partial charge on any atom is -0.493 e. The van der Waals surface area contributed by atoms with Crippen LogP contribution in [0, 0.1) is 23.7 Å².